The van der Waals surface area contributed by atoms with E-state index >= 15 is 0 Å². The van der Waals surface area contributed by atoms with E-state index in [9.17, 15) is 24.3 Å². The Balaban J connectivity index is 3.03. The van der Waals surface area contributed by atoms with Crippen molar-refractivity contribution in [2.75, 3.05) is 6.61 Å². The fraction of sp³-hybridized carbons (Fsp3) is 0.667. The number of hydrogen-bond acceptors (Lipinski definition) is 9. The maximum absolute atomic E-state index is 12.5. The van der Waals surface area contributed by atoms with E-state index in [1.54, 1.807) is 13.0 Å². The van der Waals surface area contributed by atoms with Crippen molar-refractivity contribution in [1.29, 1.82) is 0 Å². The van der Waals surface area contributed by atoms with E-state index in [0.717, 1.165) is 38.5 Å². The third kappa shape index (κ3) is 13.8. The fourth-order valence-electron chi connectivity index (χ4n) is 4.07. The van der Waals surface area contributed by atoms with Crippen LogP contribution in [0.15, 0.2) is 18.2 Å². The monoisotopic (exact) mass is 565 g/mol. The molecule has 0 heterocycles. The molecule has 1 aromatic carbocycles. The van der Waals surface area contributed by atoms with Crippen LogP contribution in [0.2, 0.25) is 0 Å². The SMILES string of the molecule is CCCCCOC(=O)O[C@@H](C)CC(N)(Cc1ccc(OC(=O)CCCCC)c(OC(=O)CCCCC)c1)C(=O)O. The first-order valence-corrected chi connectivity index (χ1v) is 14.4. The maximum Gasteiger partial charge on any atom is 0.508 e. The molecular formula is C30H47NO9. The Bertz CT molecular complexity index is 949. The molecule has 1 rings (SSSR count). The summed E-state index contributed by atoms with van der Waals surface area (Å²) in [5.41, 5.74) is 4.93. The molecule has 10 heteroatoms. The van der Waals surface area contributed by atoms with Crippen molar-refractivity contribution >= 4 is 24.1 Å². The third-order valence-electron chi connectivity index (χ3n) is 6.29. The molecule has 0 bridgehead atoms. The van der Waals surface area contributed by atoms with Gasteiger partial charge in [0.15, 0.2) is 11.5 Å². The number of nitrogens with two attached hydrogens (primary N) is 1. The van der Waals surface area contributed by atoms with Gasteiger partial charge in [-0.3, -0.25) is 14.4 Å². The number of carboxylic acids is 1. The predicted molar refractivity (Wildman–Crippen MR) is 150 cm³/mol. The van der Waals surface area contributed by atoms with Gasteiger partial charge in [0.25, 0.3) is 0 Å². The van der Waals surface area contributed by atoms with Gasteiger partial charge in [-0.1, -0.05) is 65.4 Å². The second kappa shape index (κ2) is 19.0. The van der Waals surface area contributed by atoms with Crippen LogP contribution in [0.1, 0.15) is 110 Å². The van der Waals surface area contributed by atoms with Crippen LogP contribution in [0.25, 0.3) is 0 Å². The summed E-state index contributed by atoms with van der Waals surface area (Å²) < 4.78 is 21.2. The highest BCUT2D eigenvalue weighted by Gasteiger charge is 2.37. The Kier molecular flexibility index (Phi) is 16.6. The molecule has 2 atom stereocenters. The van der Waals surface area contributed by atoms with Gasteiger partial charge in [0.05, 0.1) is 6.61 Å². The quantitative estimate of drug-likeness (QED) is 0.108. The summed E-state index contributed by atoms with van der Waals surface area (Å²) in [7, 11) is 0. The number of carbonyl (C=O) groups is 4. The first-order chi connectivity index (χ1) is 19.0. The first kappa shape index (κ1) is 34.9. The van der Waals surface area contributed by atoms with E-state index in [-0.39, 0.29) is 43.8 Å². The van der Waals surface area contributed by atoms with Gasteiger partial charge in [0.2, 0.25) is 0 Å². The van der Waals surface area contributed by atoms with Crippen LogP contribution in [-0.2, 0) is 30.3 Å². The number of esters is 2. The Morgan fingerprint density at radius 1 is 0.850 bits per heavy atom. The van der Waals surface area contributed by atoms with E-state index in [0.29, 0.717) is 24.8 Å². The van der Waals surface area contributed by atoms with Crippen LogP contribution in [0.4, 0.5) is 4.79 Å². The average molecular weight is 566 g/mol. The number of aliphatic carboxylic acids is 1. The van der Waals surface area contributed by atoms with Crippen molar-refractivity contribution < 1.29 is 43.2 Å². The van der Waals surface area contributed by atoms with Crippen molar-refractivity contribution in [3.63, 3.8) is 0 Å². The lowest BCUT2D eigenvalue weighted by molar-refractivity contribution is -0.144. The molecule has 0 spiro atoms. The van der Waals surface area contributed by atoms with Crippen LogP contribution in [0.5, 0.6) is 11.5 Å². The Morgan fingerprint density at radius 3 is 1.95 bits per heavy atom. The molecule has 1 unspecified atom stereocenters. The molecule has 3 N–H and O–H groups in total. The van der Waals surface area contributed by atoms with Crippen LogP contribution >= 0.6 is 0 Å². The predicted octanol–water partition coefficient (Wildman–Crippen LogP) is 6.10. The summed E-state index contributed by atoms with van der Waals surface area (Å²) in [6, 6.07) is 4.50. The zero-order chi connectivity index (χ0) is 30.0. The number of benzene rings is 1. The van der Waals surface area contributed by atoms with Crippen molar-refractivity contribution in [3.8, 4) is 11.5 Å². The lowest BCUT2D eigenvalue weighted by atomic mass is 9.86. The van der Waals surface area contributed by atoms with Gasteiger partial charge >= 0.3 is 24.1 Å². The molecule has 0 aliphatic heterocycles. The zero-order valence-corrected chi connectivity index (χ0v) is 24.5. The Hall–Kier alpha value is -3.14. The van der Waals surface area contributed by atoms with E-state index < -0.39 is 35.7 Å². The van der Waals surface area contributed by atoms with Gasteiger partial charge in [0.1, 0.15) is 11.6 Å². The van der Waals surface area contributed by atoms with Crippen LogP contribution in [0, 0.1) is 0 Å². The highest BCUT2D eigenvalue weighted by atomic mass is 16.7. The Labute approximate surface area is 237 Å². The molecule has 0 aliphatic carbocycles. The molecule has 0 saturated carbocycles. The van der Waals surface area contributed by atoms with Crippen LogP contribution in [-0.4, -0.2) is 47.4 Å². The summed E-state index contributed by atoms with van der Waals surface area (Å²) in [5.74, 6) is -2.12. The smallest absolute Gasteiger partial charge is 0.480 e. The molecule has 0 saturated heterocycles. The number of carboxylic acid groups (broad SMARTS) is 1. The minimum atomic E-state index is -1.80. The Morgan fingerprint density at radius 2 is 1.40 bits per heavy atom. The zero-order valence-electron chi connectivity index (χ0n) is 24.5. The van der Waals surface area contributed by atoms with E-state index in [1.807, 2.05) is 20.8 Å². The number of ether oxygens (including phenoxy) is 4. The average Bonchev–Trinajstić information content (AvgIpc) is 2.88. The summed E-state index contributed by atoms with van der Waals surface area (Å²) in [6.45, 7) is 7.85. The second-order valence-corrected chi connectivity index (χ2v) is 10.2. The van der Waals surface area contributed by atoms with Crippen LogP contribution < -0.4 is 15.2 Å². The minimum absolute atomic E-state index is 0.0236. The summed E-state index contributed by atoms with van der Waals surface area (Å²) in [4.78, 5) is 48.9. The van der Waals surface area contributed by atoms with Crippen molar-refractivity contribution in [1.82, 2.24) is 0 Å². The molecule has 0 radical (unpaired) electrons. The van der Waals surface area contributed by atoms with Gasteiger partial charge in [-0.25, -0.2) is 4.79 Å². The second-order valence-electron chi connectivity index (χ2n) is 10.2. The first-order valence-electron chi connectivity index (χ1n) is 14.4. The molecule has 0 fully saturated rings. The van der Waals surface area contributed by atoms with Crippen molar-refractivity contribution in [3.05, 3.63) is 23.8 Å². The summed E-state index contributed by atoms with van der Waals surface area (Å²) >= 11 is 0. The lowest BCUT2D eigenvalue weighted by Gasteiger charge is -2.28. The molecule has 0 aliphatic rings. The molecule has 0 amide bonds. The number of rotatable bonds is 20. The van der Waals surface area contributed by atoms with E-state index in [4.69, 9.17) is 24.7 Å². The van der Waals surface area contributed by atoms with Gasteiger partial charge in [-0.15, -0.1) is 0 Å². The van der Waals surface area contributed by atoms with E-state index in [1.165, 1.54) is 12.1 Å². The fourth-order valence-corrected chi connectivity index (χ4v) is 4.07. The van der Waals surface area contributed by atoms with Gasteiger partial charge in [0, 0.05) is 25.7 Å². The molecule has 10 nitrogen and oxygen atoms in total. The standard InChI is InChI=1S/C30H47NO9/c1-5-8-11-14-26(32)39-24-17-16-23(19-25(24)40-27(33)15-12-9-6-2)21-30(31,28(34)35)20-22(4)38-29(36)37-18-13-10-7-3/h16-17,19,22H,5-15,18,20-21,31H2,1-4H3,(H,34,35)/t22-,30?/m0/s1. The molecule has 226 valence electrons. The summed E-state index contributed by atoms with van der Waals surface area (Å²) in [5, 5.41) is 9.94. The maximum atomic E-state index is 12.5. The van der Waals surface area contributed by atoms with Crippen LogP contribution in [0.3, 0.4) is 0 Å². The van der Waals surface area contributed by atoms with Crippen molar-refractivity contribution in [2.24, 2.45) is 5.73 Å². The lowest BCUT2D eigenvalue weighted by Crippen LogP contribution is -2.52. The van der Waals surface area contributed by atoms with Gasteiger partial charge < -0.3 is 29.8 Å². The largest absolute Gasteiger partial charge is 0.508 e. The number of unbranched alkanes of at least 4 members (excludes halogenated alkanes) is 6. The van der Waals surface area contributed by atoms with Gasteiger partial charge in [-0.05, 0) is 43.9 Å². The highest BCUT2D eigenvalue weighted by molar-refractivity contribution is 5.79. The highest BCUT2D eigenvalue weighted by Crippen LogP contribution is 2.32. The third-order valence-corrected chi connectivity index (χ3v) is 6.29. The molecular weight excluding hydrogens is 518 g/mol. The van der Waals surface area contributed by atoms with E-state index in [2.05, 4.69) is 0 Å². The number of carbonyl (C=O) groups excluding carboxylic acids is 3. The van der Waals surface area contributed by atoms with Gasteiger partial charge in [-0.2, -0.15) is 0 Å². The minimum Gasteiger partial charge on any atom is -0.480 e. The van der Waals surface area contributed by atoms with Crippen molar-refractivity contribution in [2.45, 2.75) is 123 Å². The normalized spacial score (nSPS) is 13.1. The molecule has 0 aromatic heterocycles. The topological polar surface area (TPSA) is 151 Å². The molecule has 1 aromatic rings. The number of hydrogen-bond donors (Lipinski definition) is 2. The summed E-state index contributed by atoms with van der Waals surface area (Å²) in [6.07, 6.45) is 5.96. The molecule has 40 heavy (non-hydrogen) atoms.